The summed E-state index contributed by atoms with van der Waals surface area (Å²) in [7, 11) is 1.85. The minimum atomic E-state index is -0.669. The van der Waals surface area contributed by atoms with Crippen LogP contribution in [0.4, 0.5) is 8.78 Å². The zero-order valence-electron chi connectivity index (χ0n) is 12.4. The Balaban J connectivity index is 2.03. The summed E-state index contributed by atoms with van der Waals surface area (Å²) < 4.78 is 28.8. The standard InChI is InChI=1S/C16H18F2N2O/c1-10-13(11(2)20(3)19-10)8-7-12(21)9-14-15(17)5-4-6-16(14)18/h4-6H,7-9H2,1-3H3. The van der Waals surface area contributed by atoms with E-state index in [4.69, 9.17) is 0 Å². The lowest BCUT2D eigenvalue weighted by molar-refractivity contribution is -0.118. The largest absolute Gasteiger partial charge is 0.299 e. The number of carbonyl (C=O) groups excluding carboxylic acids is 1. The van der Waals surface area contributed by atoms with Crippen molar-refractivity contribution in [2.24, 2.45) is 7.05 Å². The molecule has 0 fully saturated rings. The van der Waals surface area contributed by atoms with Gasteiger partial charge in [-0.25, -0.2) is 8.78 Å². The highest BCUT2D eigenvalue weighted by molar-refractivity contribution is 5.81. The Bertz CT molecular complexity index is 657. The first-order valence-electron chi connectivity index (χ1n) is 6.83. The fourth-order valence-corrected chi connectivity index (χ4v) is 2.43. The molecular weight excluding hydrogens is 274 g/mol. The van der Waals surface area contributed by atoms with Crippen LogP contribution in [-0.4, -0.2) is 15.6 Å². The maximum Gasteiger partial charge on any atom is 0.137 e. The first kappa shape index (κ1) is 15.4. The van der Waals surface area contributed by atoms with Crippen LogP contribution >= 0.6 is 0 Å². The molecule has 0 bridgehead atoms. The Morgan fingerprint density at radius 3 is 2.33 bits per heavy atom. The number of Topliss-reactive ketones (excluding diaryl/α,β-unsaturated/α-hetero) is 1. The smallest absolute Gasteiger partial charge is 0.137 e. The molecular formula is C16H18F2N2O. The first-order chi connectivity index (χ1) is 9.90. The van der Waals surface area contributed by atoms with E-state index < -0.39 is 11.6 Å². The average Bonchev–Trinajstić information content (AvgIpc) is 2.66. The lowest BCUT2D eigenvalue weighted by atomic mass is 10.0. The molecule has 112 valence electrons. The molecule has 0 aliphatic rings. The van der Waals surface area contributed by atoms with Gasteiger partial charge < -0.3 is 0 Å². The summed E-state index contributed by atoms with van der Waals surface area (Å²) in [5.41, 5.74) is 2.78. The van der Waals surface area contributed by atoms with Gasteiger partial charge in [-0.15, -0.1) is 0 Å². The summed E-state index contributed by atoms with van der Waals surface area (Å²) in [6.07, 6.45) is 0.582. The molecule has 0 aliphatic carbocycles. The fourth-order valence-electron chi connectivity index (χ4n) is 2.43. The van der Waals surface area contributed by atoms with E-state index in [2.05, 4.69) is 5.10 Å². The van der Waals surface area contributed by atoms with E-state index in [1.807, 2.05) is 20.9 Å². The summed E-state index contributed by atoms with van der Waals surface area (Å²) in [5, 5.41) is 4.29. The van der Waals surface area contributed by atoms with Gasteiger partial charge in [0, 0.05) is 31.1 Å². The van der Waals surface area contributed by atoms with Gasteiger partial charge >= 0.3 is 0 Å². The molecule has 2 rings (SSSR count). The molecule has 0 amide bonds. The quantitative estimate of drug-likeness (QED) is 0.849. The highest BCUT2D eigenvalue weighted by atomic mass is 19.1. The molecule has 1 aromatic heterocycles. The number of benzene rings is 1. The molecule has 0 spiro atoms. The minimum Gasteiger partial charge on any atom is -0.299 e. The summed E-state index contributed by atoms with van der Waals surface area (Å²) >= 11 is 0. The third-order valence-corrected chi connectivity index (χ3v) is 3.75. The van der Waals surface area contributed by atoms with Gasteiger partial charge in [0.2, 0.25) is 0 Å². The Morgan fingerprint density at radius 2 is 1.81 bits per heavy atom. The molecule has 0 N–H and O–H groups in total. The number of halogens is 2. The molecule has 0 radical (unpaired) electrons. The van der Waals surface area contributed by atoms with E-state index in [1.165, 1.54) is 18.2 Å². The summed E-state index contributed by atoms with van der Waals surface area (Å²) in [6, 6.07) is 3.63. The Morgan fingerprint density at radius 1 is 1.19 bits per heavy atom. The molecule has 3 nitrogen and oxygen atoms in total. The van der Waals surface area contributed by atoms with Crippen LogP contribution < -0.4 is 0 Å². The molecule has 0 aliphatic heterocycles. The molecule has 0 saturated heterocycles. The summed E-state index contributed by atoms with van der Waals surface area (Å²) in [6.45, 7) is 3.83. The van der Waals surface area contributed by atoms with E-state index in [0.29, 0.717) is 6.42 Å². The van der Waals surface area contributed by atoms with Crippen LogP contribution in [0.2, 0.25) is 0 Å². The van der Waals surface area contributed by atoms with Gasteiger partial charge in [-0.1, -0.05) is 6.07 Å². The lowest BCUT2D eigenvalue weighted by Gasteiger charge is -2.05. The number of rotatable bonds is 5. The van der Waals surface area contributed by atoms with Crippen LogP contribution in [0.5, 0.6) is 0 Å². The molecule has 0 atom stereocenters. The molecule has 1 heterocycles. The van der Waals surface area contributed by atoms with Gasteiger partial charge in [-0.05, 0) is 38.0 Å². The van der Waals surface area contributed by atoms with E-state index >= 15 is 0 Å². The number of carbonyl (C=O) groups is 1. The predicted molar refractivity (Wildman–Crippen MR) is 76.1 cm³/mol. The molecule has 2 aromatic rings. The molecule has 21 heavy (non-hydrogen) atoms. The van der Waals surface area contributed by atoms with Crippen molar-refractivity contribution in [1.82, 2.24) is 9.78 Å². The van der Waals surface area contributed by atoms with Crippen molar-refractivity contribution in [2.45, 2.75) is 33.1 Å². The first-order valence-corrected chi connectivity index (χ1v) is 6.83. The van der Waals surface area contributed by atoms with Crippen LogP contribution in [-0.2, 0) is 24.7 Å². The molecule has 0 saturated carbocycles. The van der Waals surface area contributed by atoms with E-state index in [9.17, 15) is 13.6 Å². The second kappa shape index (κ2) is 6.16. The highest BCUT2D eigenvalue weighted by Crippen LogP contribution is 2.17. The number of aromatic nitrogens is 2. The maximum atomic E-state index is 13.5. The highest BCUT2D eigenvalue weighted by Gasteiger charge is 2.15. The van der Waals surface area contributed by atoms with Gasteiger partial charge in [0.1, 0.15) is 17.4 Å². The van der Waals surface area contributed by atoms with Crippen molar-refractivity contribution in [3.05, 3.63) is 52.3 Å². The Hall–Kier alpha value is -2.04. The van der Waals surface area contributed by atoms with Gasteiger partial charge in [0.05, 0.1) is 5.69 Å². The van der Waals surface area contributed by atoms with Crippen molar-refractivity contribution in [2.75, 3.05) is 0 Å². The van der Waals surface area contributed by atoms with Gasteiger partial charge in [-0.3, -0.25) is 9.48 Å². The topological polar surface area (TPSA) is 34.9 Å². The fraction of sp³-hybridized carbons (Fsp3) is 0.375. The van der Waals surface area contributed by atoms with Crippen LogP contribution in [0.1, 0.15) is 28.9 Å². The number of ketones is 1. The van der Waals surface area contributed by atoms with Crippen molar-refractivity contribution in [3.8, 4) is 0 Å². The zero-order valence-corrected chi connectivity index (χ0v) is 12.4. The second-order valence-electron chi connectivity index (χ2n) is 5.19. The number of aryl methyl sites for hydroxylation is 2. The van der Waals surface area contributed by atoms with E-state index in [-0.39, 0.29) is 24.2 Å². The van der Waals surface area contributed by atoms with Crippen LogP contribution in [0, 0.1) is 25.5 Å². The monoisotopic (exact) mass is 292 g/mol. The molecule has 5 heteroatoms. The van der Waals surface area contributed by atoms with Gasteiger partial charge in [0.15, 0.2) is 0 Å². The predicted octanol–water partition coefficient (Wildman–Crippen LogP) is 3.06. The number of nitrogens with zero attached hydrogens (tertiary/aromatic N) is 2. The number of hydrogen-bond acceptors (Lipinski definition) is 2. The van der Waals surface area contributed by atoms with Crippen molar-refractivity contribution >= 4 is 5.78 Å². The van der Waals surface area contributed by atoms with Crippen molar-refractivity contribution < 1.29 is 13.6 Å². The maximum absolute atomic E-state index is 13.5. The third-order valence-electron chi connectivity index (χ3n) is 3.75. The Kier molecular flexibility index (Phi) is 4.50. The van der Waals surface area contributed by atoms with Gasteiger partial charge in [-0.2, -0.15) is 5.10 Å². The zero-order chi connectivity index (χ0) is 15.6. The average molecular weight is 292 g/mol. The van der Waals surface area contributed by atoms with E-state index in [1.54, 1.807) is 4.68 Å². The van der Waals surface area contributed by atoms with Crippen LogP contribution in [0.25, 0.3) is 0 Å². The van der Waals surface area contributed by atoms with E-state index in [0.717, 1.165) is 17.0 Å². The summed E-state index contributed by atoms with van der Waals surface area (Å²) in [5.74, 6) is -1.52. The SMILES string of the molecule is Cc1nn(C)c(C)c1CCC(=O)Cc1c(F)cccc1F. The van der Waals surface area contributed by atoms with Crippen LogP contribution in [0.3, 0.4) is 0 Å². The Labute approximate surface area is 122 Å². The van der Waals surface area contributed by atoms with Crippen LogP contribution in [0.15, 0.2) is 18.2 Å². The second-order valence-corrected chi connectivity index (χ2v) is 5.19. The number of hydrogen-bond donors (Lipinski definition) is 0. The third kappa shape index (κ3) is 3.35. The lowest BCUT2D eigenvalue weighted by Crippen LogP contribution is -2.08. The van der Waals surface area contributed by atoms with Crippen molar-refractivity contribution in [3.63, 3.8) is 0 Å². The van der Waals surface area contributed by atoms with Gasteiger partial charge in [0.25, 0.3) is 0 Å². The normalized spacial score (nSPS) is 10.9. The summed E-state index contributed by atoms with van der Waals surface area (Å²) in [4.78, 5) is 12.0. The minimum absolute atomic E-state index is 0.151. The van der Waals surface area contributed by atoms with Crippen molar-refractivity contribution in [1.29, 1.82) is 0 Å². The molecule has 0 unspecified atom stereocenters. The molecule has 1 aromatic carbocycles.